The Kier molecular flexibility index (Phi) is 3.66. The molecule has 6 heteroatoms. The summed E-state index contributed by atoms with van der Waals surface area (Å²) in [6.45, 7) is 2.09. The molecule has 0 atom stereocenters. The monoisotopic (exact) mass is 229 g/mol. The van der Waals surface area contributed by atoms with Crippen LogP contribution in [0.4, 0.5) is 3.89 Å². The standard InChI is InChI=1S/C7H17FNO2PS/c1-2-12(5-3-4-6-12)7-9-13(8,10)11/h9,12H,2-7H2,1H3. The van der Waals surface area contributed by atoms with E-state index >= 15 is 0 Å². The van der Waals surface area contributed by atoms with E-state index in [2.05, 4.69) is 6.92 Å². The molecule has 0 bridgehead atoms. The molecule has 0 saturated carbocycles. The molecule has 0 spiro atoms. The third-order valence-electron chi connectivity index (χ3n) is 3.03. The summed E-state index contributed by atoms with van der Waals surface area (Å²) in [5.74, 6) is 0. The molecule has 1 saturated heterocycles. The van der Waals surface area contributed by atoms with Gasteiger partial charge in [0.15, 0.2) is 0 Å². The average molecular weight is 229 g/mol. The number of rotatable bonds is 4. The minimum absolute atomic E-state index is 0.391. The molecule has 1 N–H and O–H groups in total. The fraction of sp³-hybridized carbons (Fsp3) is 1.00. The van der Waals surface area contributed by atoms with Gasteiger partial charge in [-0.3, -0.25) is 0 Å². The van der Waals surface area contributed by atoms with Crippen LogP contribution in [0.2, 0.25) is 0 Å². The SMILES string of the molecule is CC[PH]1(CNS(=O)(=O)F)CCCC1. The van der Waals surface area contributed by atoms with Crippen LogP contribution < -0.4 is 4.72 Å². The van der Waals surface area contributed by atoms with Crippen LogP contribution in [0, 0.1) is 0 Å². The minimum atomic E-state index is -4.48. The summed E-state index contributed by atoms with van der Waals surface area (Å²) in [5.41, 5.74) is 0. The van der Waals surface area contributed by atoms with Crippen molar-refractivity contribution in [2.24, 2.45) is 0 Å². The molecule has 0 radical (unpaired) electrons. The van der Waals surface area contributed by atoms with Gasteiger partial charge in [-0.25, -0.2) is 0 Å². The first kappa shape index (κ1) is 11.3. The zero-order chi connectivity index (χ0) is 9.95. The Labute approximate surface area is 79.8 Å². The summed E-state index contributed by atoms with van der Waals surface area (Å²) in [4.78, 5) is 0. The number of nitrogens with one attached hydrogen (secondary N) is 1. The van der Waals surface area contributed by atoms with E-state index in [-0.39, 0.29) is 0 Å². The van der Waals surface area contributed by atoms with E-state index in [4.69, 9.17) is 0 Å². The quantitative estimate of drug-likeness (QED) is 0.583. The van der Waals surface area contributed by atoms with E-state index < -0.39 is 17.7 Å². The Bertz CT molecular complexity index is 262. The summed E-state index contributed by atoms with van der Waals surface area (Å²) < 4.78 is 34.8. The van der Waals surface area contributed by atoms with Crippen LogP contribution in [0.3, 0.4) is 0 Å². The maximum absolute atomic E-state index is 12.2. The Morgan fingerprint density at radius 2 is 1.92 bits per heavy atom. The molecule has 1 heterocycles. The molecule has 80 valence electrons. The van der Waals surface area contributed by atoms with Crippen molar-refractivity contribution >= 4 is 17.7 Å². The Hall–Kier alpha value is 0.270. The van der Waals surface area contributed by atoms with Crippen molar-refractivity contribution in [2.45, 2.75) is 19.8 Å². The second-order valence-electron chi connectivity index (χ2n) is 3.82. The number of hydrogen-bond donors (Lipinski definition) is 1. The van der Waals surface area contributed by atoms with E-state index in [9.17, 15) is 12.3 Å². The van der Waals surface area contributed by atoms with Gasteiger partial charge in [0.25, 0.3) is 0 Å². The van der Waals surface area contributed by atoms with Gasteiger partial charge in [-0.2, -0.15) is 0 Å². The predicted molar refractivity (Wildman–Crippen MR) is 55.9 cm³/mol. The third-order valence-corrected chi connectivity index (χ3v) is 9.03. The topological polar surface area (TPSA) is 46.2 Å². The average Bonchev–Trinajstić information content (AvgIpc) is 2.49. The van der Waals surface area contributed by atoms with Crippen molar-refractivity contribution in [3.05, 3.63) is 0 Å². The van der Waals surface area contributed by atoms with Gasteiger partial charge in [0.05, 0.1) is 0 Å². The van der Waals surface area contributed by atoms with Crippen LogP contribution in [0.1, 0.15) is 19.8 Å². The van der Waals surface area contributed by atoms with Crippen molar-refractivity contribution in [2.75, 3.05) is 24.8 Å². The van der Waals surface area contributed by atoms with E-state index in [0.29, 0.717) is 6.29 Å². The van der Waals surface area contributed by atoms with Crippen LogP contribution in [-0.4, -0.2) is 33.2 Å². The van der Waals surface area contributed by atoms with E-state index in [1.54, 1.807) is 0 Å². The predicted octanol–water partition coefficient (Wildman–Crippen LogP) is 1.31. The van der Waals surface area contributed by atoms with E-state index in [1.165, 1.54) is 12.8 Å². The molecule has 0 aliphatic carbocycles. The van der Waals surface area contributed by atoms with Gasteiger partial charge in [-0.1, -0.05) is 0 Å². The molecule has 0 aromatic heterocycles. The van der Waals surface area contributed by atoms with Gasteiger partial charge in [0, 0.05) is 0 Å². The fourth-order valence-corrected chi connectivity index (χ4v) is 7.49. The van der Waals surface area contributed by atoms with Crippen LogP contribution in [0.15, 0.2) is 0 Å². The third kappa shape index (κ3) is 3.49. The van der Waals surface area contributed by atoms with Crippen LogP contribution in [0.25, 0.3) is 0 Å². The van der Waals surface area contributed by atoms with Crippen molar-refractivity contribution in [1.29, 1.82) is 0 Å². The molecule has 1 aliphatic heterocycles. The first-order valence-electron chi connectivity index (χ1n) is 4.67. The summed E-state index contributed by atoms with van der Waals surface area (Å²) in [7, 11) is -5.92. The number of halogens is 1. The first-order valence-corrected chi connectivity index (χ1v) is 8.88. The molecule has 1 rings (SSSR count). The summed E-state index contributed by atoms with van der Waals surface area (Å²) >= 11 is 0. The summed E-state index contributed by atoms with van der Waals surface area (Å²) in [6, 6.07) is 0. The summed E-state index contributed by atoms with van der Waals surface area (Å²) in [5, 5.41) is 0. The molecule has 1 fully saturated rings. The molecular weight excluding hydrogens is 212 g/mol. The van der Waals surface area contributed by atoms with E-state index in [0.717, 1.165) is 18.5 Å². The molecule has 0 amide bonds. The normalized spacial score (nSPS) is 24.5. The molecular formula is C7H17FNO2PS. The van der Waals surface area contributed by atoms with Gasteiger partial charge in [-0.15, -0.1) is 0 Å². The van der Waals surface area contributed by atoms with Crippen LogP contribution in [0.5, 0.6) is 0 Å². The molecule has 3 nitrogen and oxygen atoms in total. The van der Waals surface area contributed by atoms with Crippen molar-refractivity contribution in [3.8, 4) is 0 Å². The first-order chi connectivity index (χ1) is 5.97. The Balaban J connectivity index is 2.50. The molecule has 0 unspecified atom stereocenters. The number of hydrogen-bond acceptors (Lipinski definition) is 2. The van der Waals surface area contributed by atoms with Gasteiger partial charge in [0.2, 0.25) is 0 Å². The van der Waals surface area contributed by atoms with Crippen molar-refractivity contribution in [3.63, 3.8) is 0 Å². The zero-order valence-electron chi connectivity index (χ0n) is 7.85. The van der Waals surface area contributed by atoms with E-state index in [1.807, 2.05) is 4.72 Å². The second-order valence-corrected chi connectivity index (χ2v) is 10.0. The van der Waals surface area contributed by atoms with Gasteiger partial charge in [-0.05, 0) is 0 Å². The Morgan fingerprint density at radius 3 is 2.31 bits per heavy atom. The Morgan fingerprint density at radius 1 is 1.38 bits per heavy atom. The van der Waals surface area contributed by atoms with Crippen molar-refractivity contribution in [1.82, 2.24) is 4.72 Å². The molecule has 0 aromatic rings. The zero-order valence-corrected chi connectivity index (χ0v) is 9.66. The van der Waals surface area contributed by atoms with Gasteiger partial charge < -0.3 is 0 Å². The molecule has 1 aliphatic rings. The second kappa shape index (κ2) is 4.20. The fourth-order valence-electron chi connectivity index (χ4n) is 2.02. The van der Waals surface area contributed by atoms with Crippen molar-refractivity contribution < 1.29 is 12.3 Å². The van der Waals surface area contributed by atoms with Gasteiger partial charge >= 0.3 is 79.2 Å². The molecule has 0 aromatic carbocycles. The van der Waals surface area contributed by atoms with Gasteiger partial charge in [0.1, 0.15) is 0 Å². The summed E-state index contributed by atoms with van der Waals surface area (Å²) in [6.07, 6.45) is 6.11. The van der Waals surface area contributed by atoms with Crippen LogP contribution >= 0.6 is 7.26 Å². The molecule has 13 heavy (non-hydrogen) atoms. The van der Waals surface area contributed by atoms with Crippen LogP contribution in [-0.2, 0) is 10.4 Å². The maximum atomic E-state index is 12.2.